The Kier molecular flexibility index (Phi) is 6.80. The van der Waals surface area contributed by atoms with Gasteiger partial charge in [0.1, 0.15) is 5.75 Å². The van der Waals surface area contributed by atoms with E-state index in [0.717, 1.165) is 33.8 Å². The highest BCUT2D eigenvalue weighted by Crippen LogP contribution is 2.35. The number of hydrogen-bond acceptors (Lipinski definition) is 8. The van der Waals surface area contributed by atoms with E-state index in [4.69, 9.17) is 14.1 Å². The van der Waals surface area contributed by atoms with Gasteiger partial charge in [-0.1, -0.05) is 29.5 Å². The Morgan fingerprint density at radius 2 is 1.82 bits per heavy atom. The smallest absolute Gasteiger partial charge is 0.277 e. The number of nitrogens with zero attached hydrogens (tertiary/aromatic N) is 4. The average molecular weight is 481 g/mol. The van der Waals surface area contributed by atoms with Crippen molar-refractivity contribution >= 4 is 39.8 Å². The number of thioether (sulfide) groups is 1. The number of anilines is 2. The van der Waals surface area contributed by atoms with E-state index >= 15 is 0 Å². The zero-order valence-corrected chi connectivity index (χ0v) is 20.7. The highest BCUT2D eigenvalue weighted by molar-refractivity contribution is 7.98. The molecule has 2 heterocycles. The van der Waals surface area contributed by atoms with Crippen LogP contribution in [-0.2, 0) is 10.5 Å². The minimum absolute atomic E-state index is 0.0698. The second kappa shape index (κ2) is 9.76. The Morgan fingerprint density at radius 1 is 1.12 bits per heavy atom. The number of aryl methyl sites for hydroxylation is 3. The van der Waals surface area contributed by atoms with Gasteiger partial charge in [-0.05, 0) is 56.2 Å². The van der Waals surface area contributed by atoms with Gasteiger partial charge in [0.05, 0.1) is 18.5 Å². The molecular formula is C24H24N4O3S2. The summed E-state index contributed by atoms with van der Waals surface area (Å²) >= 11 is 2.86. The largest absolute Gasteiger partial charge is 0.497 e. The summed E-state index contributed by atoms with van der Waals surface area (Å²) in [4.78, 5) is 18.9. The molecule has 0 unspecified atom stereocenters. The minimum Gasteiger partial charge on any atom is -0.497 e. The van der Waals surface area contributed by atoms with Crippen LogP contribution in [0.5, 0.6) is 5.75 Å². The topological polar surface area (TPSA) is 81.4 Å². The van der Waals surface area contributed by atoms with E-state index in [2.05, 4.69) is 29.3 Å². The van der Waals surface area contributed by atoms with Crippen molar-refractivity contribution in [3.8, 4) is 17.2 Å². The fourth-order valence-corrected chi connectivity index (χ4v) is 5.27. The van der Waals surface area contributed by atoms with Gasteiger partial charge in [-0.3, -0.25) is 9.69 Å². The predicted octanol–water partition coefficient (Wildman–Crippen LogP) is 6.10. The van der Waals surface area contributed by atoms with Crippen LogP contribution in [0.2, 0.25) is 0 Å². The number of amides is 1. The standard InChI is InChI=1S/C24H24N4O3S2/c1-14-10-15(2)21(16(3)11-14)28(17(4)29)23-25-19(12-32-23)13-33-24-27-26-22(31-24)18-6-8-20(30-5)9-7-18/h6-12H,13H2,1-5H3. The molecule has 0 aliphatic heterocycles. The molecule has 1 amide bonds. The lowest BCUT2D eigenvalue weighted by atomic mass is 10.0. The van der Waals surface area contributed by atoms with Gasteiger partial charge in [0, 0.05) is 23.6 Å². The third-order valence-electron chi connectivity index (χ3n) is 4.99. The number of rotatable bonds is 7. The van der Waals surface area contributed by atoms with Crippen LogP contribution >= 0.6 is 23.1 Å². The number of carbonyl (C=O) groups excluding carboxylic acids is 1. The van der Waals surface area contributed by atoms with Crippen molar-refractivity contribution < 1.29 is 13.9 Å². The van der Waals surface area contributed by atoms with Crippen molar-refractivity contribution in [2.24, 2.45) is 0 Å². The van der Waals surface area contributed by atoms with Crippen molar-refractivity contribution in [1.82, 2.24) is 15.2 Å². The van der Waals surface area contributed by atoms with E-state index in [1.165, 1.54) is 28.7 Å². The zero-order chi connectivity index (χ0) is 23.5. The second-order valence-electron chi connectivity index (χ2n) is 7.61. The van der Waals surface area contributed by atoms with Crippen LogP contribution in [0, 0.1) is 20.8 Å². The fourth-order valence-electron chi connectivity index (χ4n) is 3.63. The molecule has 0 bridgehead atoms. The van der Waals surface area contributed by atoms with Crippen molar-refractivity contribution in [2.45, 2.75) is 38.7 Å². The Bertz CT molecular complexity index is 1260. The SMILES string of the molecule is COc1ccc(-c2nnc(SCc3csc(N(C(C)=O)c4c(C)cc(C)cc4C)n3)o2)cc1. The Labute approximate surface area is 200 Å². The molecule has 4 aromatic rings. The number of thiazole rings is 1. The molecule has 0 atom stereocenters. The summed E-state index contributed by atoms with van der Waals surface area (Å²) in [5, 5.41) is 11.3. The van der Waals surface area contributed by atoms with Gasteiger partial charge in [-0.15, -0.1) is 21.5 Å². The lowest BCUT2D eigenvalue weighted by Gasteiger charge is -2.23. The quantitative estimate of drug-likeness (QED) is 0.295. The van der Waals surface area contributed by atoms with Crippen LogP contribution < -0.4 is 9.64 Å². The van der Waals surface area contributed by atoms with E-state index in [0.29, 0.717) is 22.0 Å². The third kappa shape index (κ3) is 5.09. The van der Waals surface area contributed by atoms with Crippen molar-refractivity contribution in [1.29, 1.82) is 0 Å². The zero-order valence-electron chi connectivity index (χ0n) is 19.1. The van der Waals surface area contributed by atoms with Crippen LogP contribution in [0.1, 0.15) is 29.3 Å². The Balaban J connectivity index is 1.48. The van der Waals surface area contributed by atoms with Crippen LogP contribution in [0.3, 0.4) is 0 Å². The highest BCUT2D eigenvalue weighted by Gasteiger charge is 2.22. The number of benzene rings is 2. The maximum Gasteiger partial charge on any atom is 0.277 e. The molecule has 170 valence electrons. The first-order chi connectivity index (χ1) is 15.9. The molecular weight excluding hydrogens is 456 g/mol. The highest BCUT2D eigenvalue weighted by atomic mass is 32.2. The molecule has 9 heteroatoms. The number of aromatic nitrogens is 3. The average Bonchev–Trinajstić information content (AvgIpc) is 3.44. The summed E-state index contributed by atoms with van der Waals surface area (Å²) in [6.45, 7) is 7.66. The van der Waals surface area contributed by atoms with Crippen molar-refractivity contribution in [2.75, 3.05) is 12.0 Å². The molecule has 2 aromatic carbocycles. The maximum absolute atomic E-state index is 12.5. The molecule has 4 rings (SSSR count). The molecule has 7 nitrogen and oxygen atoms in total. The Morgan fingerprint density at radius 3 is 2.45 bits per heavy atom. The van der Waals surface area contributed by atoms with Crippen LogP contribution in [0.25, 0.3) is 11.5 Å². The lowest BCUT2D eigenvalue weighted by molar-refractivity contribution is -0.115. The maximum atomic E-state index is 12.5. The second-order valence-corrected chi connectivity index (χ2v) is 9.38. The van der Waals surface area contributed by atoms with Crippen molar-refractivity contribution in [3.63, 3.8) is 0 Å². The summed E-state index contributed by atoms with van der Waals surface area (Å²) in [5.41, 5.74) is 5.83. The molecule has 33 heavy (non-hydrogen) atoms. The van der Waals surface area contributed by atoms with Gasteiger partial charge < -0.3 is 9.15 Å². The van der Waals surface area contributed by atoms with Gasteiger partial charge in [0.25, 0.3) is 5.22 Å². The van der Waals surface area contributed by atoms with Gasteiger partial charge in [-0.2, -0.15) is 0 Å². The molecule has 0 spiro atoms. The molecule has 0 radical (unpaired) electrons. The summed E-state index contributed by atoms with van der Waals surface area (Å²) in [5.74, 6) is 1.70. The molecule has 0 aliphatic rings. The lowest BCUT2D eigenvalue weighted by Crippen LogP contribution is -2.24. The summed E-state index contributed by atoms with van der Waals surface area (Å²) in [7, 11) is 1.62. The monoisotopic (exact) mass is 480 g/mol. The van der Waals surface area contributed by atoms with Crippen LogP contribution in [-0.4, -0.2) is 28.2 Å². The van der Waals surface area contributed by atoms with Gasteiger partial charge in [0.2, 0.25) is 11.8 Å². The number of ether oxygens (including phenoxy) is 1. The number of carbonyl (C=O) groups is 1. The van der Waals surface area contributed by atoms with E-state index in [1.807, 2.05) is 43.5 Å². The van der Waals surface area contributed by atoms with E-state index in [-0.39, 0.29) is 5.91 Å². The summed E-state index contributed by atoms with van der Waals surface area (Å²) < 4.78 is 11.0. The molecule has 0 fully saturated rings. The first-order valence-electron chi connectivity index (χ1n) is 10.3. The fraction of sp³-hybridized carbons (Fsp3) is 0.250. The molecule has 0 saturated heterocycles. The number of methoxy groups -OCH3 is 1. The van der Waals surface area contributed by atoms with Gasteiger partial charge >= 0.3 is 0 Å². The minimum atomic E-state index is -0.0698. The van der Waals surface area contributed by atoms with Crippen LogP contribution in [0.4, 0.5) is 10.8 Å². The third-order valence-corrected chi connectivity index (χ3v) is 6.72. The van der Waals surface area contributed by atoms with E-state index in [1.54, 1.807) is 18.9 Å². The Hall–Kier alpha value is -3.17. The normalized spacial score (nSPS) is 10.9. The first-order valence-corrected chi connectivity index (χ1v) is 12.2. The molecule has 0 aliphatic carbocycles. The number of hydrogen-bond donors (Lipinski definition) is 0. The predicted molar refractivity (Wildman–Crippen MR) is 131 cm³/mol. The van der Waals surface area contributed by atoms with Crippen LogP contribution in [0.15, 0.2) is 51.4 Å². The summed E-state index contributed by atoms with van der Waals surface area (Å²) in [6, 6.07) is 11.6. The van der Waals surface area contributed by atoms with Crippen molar-refractivity contribution in [3.05, 3.63) is 64.2 Å². The summed E-state index contributed by atoms with van der Waals surface area (Å²) in [6.07, 6.45) is 0. The van der Waals surface area contributed by atoms with Gasteiger partial charge in [0.15, 0.2) is 5.13 Å². The van der Waals surface area contributed by atoms with E-state index < -0.39 is 0 Å². The molecule has 0 saturated carbocycles. The molecule has 2 aromatic heterocycles. The van der Waals surface area contributed by atoms with Gasteiger partial charge in [-0.25, -0.2) is 4.98 Å². The van der Waals surface area contributed by atoms with E-state index in [9.17, 15) is 4.79 Å². The first kappa shape index (κ1) is 23.0. The molecule has 0 N–H and O–H groups in total.